The average Bonchev–Trinajstić information content (AvgIpc) is 3.05. The minimum absolute atomic E-state index is 0.153. The number of likely N-dealkylation sites (N-methyl/N-ethyl adjacent to an activating group) is 1. The molecule has 0 atom stereocenters. The van der Waals surface area contributed by atoms with Crippen molar-refractivity contribution < 1.29 is 4.79 Å². The number of aliphatic imine (C=N–C) groups is 2. The maximum atomic E-state index is 12.4. The molecule has 3 aromatic rings. The highest BCUT2D eigenvalue weighted by Gasteiger charge is 2.26. The molecule has 5 rings (SSSR count). The SMILES string of the molecule is C=C/C(=C1/NC(=NC2CCCCC2)NC(=NCc2ccccc2-c2nccc3cc(NC(=O)/C=C/CN(C)C)ccc23)N1C)C(C)C. The van der Waals surface area contributed by atoms with Crippen LogP contribution in [0.2, 0.25) is 0 Å². The molecule has 1 aliphatic carbocycles. The summed E-state index contributed by atoms with van der Waals surface area (Å²) in [5.41, 5.74) is 4.80. The van der Waals surface area contributed by atoms with Crippen molar-refractivity contribution in [3.63, 3.8) is 0 Å². The lowest BCUT2D eigenvalue weighted by atomic mass is 9.96. The molecule has 0 bridgehead atoms. The molecule has 1 aliphatic heterocycles. The van der Waals surface area contributed by atoms with Gasteiger partial charge in [-0.2, -0.15) is 0 Å². The molecule has 2 fully saturated rings. The number of amides is 1. The first-order valence-electron chi connectivity index (χ1n) is 16.6. The smallest absolute Gasteiger partial charge is 0.248 e. The standard InChI is InChI=1S/C38H48N8O/c1-7-31(26(2)3)36-43-37(42-29-15-9-8-10-16-29)44-38(46(36)6)40-25-28-14-11-12-17-32(28)35-33-20-19-30(24-27(33)21-22-39-35)41-34(47)18-13-23-45(4)5/h7,11-14,17-22,24,26,29H,1,8-10,15-16,23,25H2,2-6H3,(H,41,47)(H2,40,42,43,44)/b18-13+,36-31+. The fraction of sp³-hybridized carbons (Fsp3) is 0.368. The highest BCUT2D eigenvalue weighted by atomic mass is 16.1. The zero-order valence-corrected chi connectivity index (χ0v) is 28.4. The van der Waals surface area contributed by atoms with Gasteiger partial charge in [0, 0.05) is 42.5 Å². The molecule has 3 N–H and O–H groups in total. The molecule has 0 radical (unpaired) electrons. The van der Waals surface area contributed by atoms with Crippen LogP contribution in [0.1, 0.15) is 51.5 Å². The zero-order valence-electron chi connectivity index (χ0n) is 28.4. The van der Waals surface area contributed by atoms with Gasteiger partial charge >= 0.3 is 0 Å². The summed E-state index contributed by atoms with van der Waals surface area (Å²) in [4.78, 5) is 31.5. The summed E-state index contributed by atoms with van der Waals surface area (Å²) in [6, 6.07) is 16.5. The van der Waals surface area contributed by atoms with Crippen molar-refractivity contribution in [1.82, 2.24) is 25.4 Å². The van der Waals surface area contributed by atoms with E-state index in [0.717, 1.165) is 69.4 Å². The number of nitrogens with zero attached hydrogens (tertiary/aromatic N) is 5. The molecule has 1 saturated carbocycles. The quantitative estimate of drug-likeness (QED) is 0.216. The molecule has 1 aromatic heterocycles. The molecule has 1 amide bonds. The number of hydrogen-bond acceptors (Lipinski definition) is 5. The highest BCUT2D eigenvalue weighted by Crippen LogP contribution is 2.31. The first-order chi connectivity index (χ1) is 22.7. The fourth-order valence-electron chi connectivity index (χ4n) is 6.07. The largest absolute Gasteiger partial charge is 0.323 e. The lowest BCUT2D eigenvalue weighted by molar-refractivity contribution is -0.111. The molecule has 2 aromatic carbocycles. The zero-order chi connectivity index (χ0) is 33.3. The summed E-state index contributed by atoms with van der Waals surface area (Å²) in [7, 11) is 5.95. The Labute approximate surface area is 279 Å². The van der Waals surface area contributed by atoms with Crippen molar-refractivity contribution in [3.8, 4) is 11.3 Å². The number of carbonyl (C=O) groups excluding carboxylic acids is 1. The van der Waals surface area contributed by atoms with Crippen LogP contribution in [0.4, 0.5) is 5.69 Å². The molecule has 0 spiro atoms. The van der Waals surface area contributed by atoms with Gasteiger partial charge in [0.2, 0.25) is 17.8 Å². The van der Waals surface area contributed by atoms with Crippen molar-refractivity contribution in [2.75, 3.05) is 33.0 Å². The van der Waals surface area contributed by atoms with Gasteiger partial charge in [-0.1, -0.05) is 82.2 Å². The second kappa shape index (κ2) is 15.7. The predicted molar refractivity (Wildman–Crippen MR) is 195 cm³/mol. The molecule has 9 heteroatoms. The molecular weight excluding hydrogens is 584 g/mol. The van der Waals surface area contributed by atoms with Crippen LogP contribution in [-0.2, 0) is 11.3 Å². The molecule has 47 heavy (non-hydrogen) atoms. The number of pyridine rings is 1. The average molecular weight is 633 g/mol. The van der Waals surface area contributed by atoms with Crippen LogP contribution in [0.15, 0.2) is 101 Å². The number of nitrogens with one attached hydrogen (secondary N) is 3. The van der Waals surface area contributed by atoms with Gasteiger partial charge in [-0.15, -0.1) is 0 Å². The van der Waals surface area contributed by atoms with Gasteiger partial charge < -0.3 is 20.4 Å². The Bertz CT molecular complexity index is 1710. The number of benzene rings is 2. The third kappa shape index (κ3) is 8.54. The van der Waals surface area contributed by atoms with Gasteiger partial charge in [0.05, 0.1) is 18.3 Å². The Balaban J connectivity index is 1.44. The lowest BCUT2D eigenvalue weighted by Crippen LogP contribution is -2.57. The second-order valence-corrected chi connectivity index (χ2v) is 12.8. The number of carbonyl (C=O) groups is 1. The number of guanidine groups is 2. The van der Waals surface area contributed by atoms with Crippen LogP contribution >= 0.6 is 0 Å². The van der Waals surface area contributed by atoms with Crippen LogP contribution in [0.25, 0.3) is 22.0 Å². The Morgan fingerprint density at radius 3 is 2.66 bits per heavy atom. The van der Waals surface area contributed by atoms with Gasteiger partial charge in [-0.3, -0.25) is 15.1 Å². The van der Waals surface area contributed by atoms with Crippen LogP contribution in [0.5, 0.6) is 0 Å². The van der Waals surface area contributed by atoms with E-state index in [1.807, 2.05) is 80.8 Å². The Morgan fingerprint density at radius 2 is 1.91 bits per heavy atom. The monoisotopic (exact) mass is 632 g/mol. The van der Waals surface area contributed by atoms with Gasteiger partial charge in [-0.05, 0) is 67.6 Å². The minimum Gasteiger partial charge on any atom is -0.323 e. The van der Waals surface area contributed by atoms with Crippen LogP contribution < -0.4 is 16.0 Å². The van der Waals surface area contributed by atoms with E-state index < -0.39 is 0 Å². The summed E-state index contributed by atoms with van der Waals surface area (Å²) in [6.45, 7) is 9.59. The highest BCUT2D eigenvalue weighted by molar-refractivity contribution is 6.04. The van der Waals surface area contributed by atoms with Crippen LogP contribution in [0, 0.1) is 5.92 Å². The summed E-state index contributed by atoms with van der Waals surface area (Å²) < 4.78 is 0. The summed E-state index contributed by atoms with van der Waals surface area (Å²) >= 11 is 0. The maximum absolute atomic E-state index is 12.4. The van der Waals surface area contributed by atoms with E-state index in [0.29, 0.717) is 19.1 Å². The minimum atomic E-state index is -0.153. The first kappa shape index (κ1) is 33.6. The third-order valence-corrected chi connectivity index (χ3v) is 8.57. The van der Waals surface area contributed by atoms with E-state index in [-0.39, 0.29) is 11.8 Å². The second-order valence-electron chi connectivity index (χ2n) is 12.8. The van der Waals surface area contributed by atoms with E-state index in [2.05, 4.69) is 53.4 Å². The van der Waals surface area contributed by atoms with Gasteiger partial charge in [0.15, 0.2) is 0 Å². The molecule has 0 unspecified atom stereocenters. The molecule has 9 nitrogen and oxygen atoms in total. The van der Waals surface area contributed by atoms with Crippen LogP contribution in [0.3, 0.4) is 0 Å². The summed E-state index contributed by atoms with van der Waals surface area (Å²) in [6.07, 6.45) is 13.1. The number of fused-ring (bicyclic) bond motifs is 1. The van der Waals surface area contributed by atoms with Crippen molar-refractivity contribution in [2.24, 2.45) is 15.9 Å². The third-order valence-electron chi connectivity index (χ3n) is 8.57. The van der Waals surface area contributed by atoms with E-state index in [1.54, 1.807) is 6.08 Å². The summed E-state index contributed by atoms with van der Waals surface area (Å²) in [5, 5.41) is 12.0. The Kier molecular flexibility index (Phi) is 11.2. The number of rotatable bonds is 10. The predicted octanol–water partition coefficient (Wildman–Crippen LogP) is 6.68. The van der Waals surface area contributed by atoms with Crippen molar-refractivity contribution in [1.29, 1.82) is 0 Å². The molecule has 246 valence electrons. The van der Waals surface area contributed by atoms with Crippen LogP contribution in [-0.4, -0.2) is 66.3 Å². The topological polar surface area (TPSA) is 97.2 Å². The normalized spacial score (nSPS) is 18.7. The molecular formula is C38H48N8O. The van der Waals surface area contributed by atoms with E-state index >= 15 is 0 Å². The van der Waals surface area contributed by atoms with E-state index in [1.165, 1.54) is 19.3 Å². The number of aromatic nitrogens is 1. The number of hydrogen-bond donors (Lipinski definition) is 3. The Hall–Kier alpha value is -4.76. The van der Waals surface area contributed by atoms with E-state index in [4.69, 9.17) is 15.0 Å². The first-order valence-corrected chi connectivity index (χ1v) is 16.6. The van der Waals surface area contributed by atoms with E-state index in [9.17, 15) is 4.79 Å². The molecule has 2 heterocycles. The van der Waals surface area contributed by atoms with Gasteiger partial charge in [0.1, 0.15) is 5.82 Å². The van der Waals surface area contributed by atoms with Crippen molar-refractivity contribution >= 4 is 34.3 Å². The van der Waals surface area contributed by atoms with Crippen molar-refractivity contribution in [2.45, 2.75) is 58.5 Å². The maximum Gasteiger partial charge on any atom is 0.248 e. The fourth-order valence-corrected chi connectivity index (χ4v) is 6.07. The molecule has 1 saturated heterocycles. The lowest BCUT2D eigenvalue weighted by Gasteiger charge is -2.35. The van der Waals surface area contributed by atoms with Crippen molar-refractivity contribution in [3.05, 3.63) is 96.5 Å². The Morgan fingerprint density at radius 1 is 1.13 bits per heavy atom. The number of anilines is 1. The number of allylic oxidation sites excluding steroid dienone is 2. The molecule has 2 aliphatic rings. The van der Waals surface area contributed by atoms with Gasteiger partial charge in [-0.25, -0.2) is 9.98 Å². The van der Waals surface area contributed by atoms with Gasteiger partial charge in [0.25, 0.3) is 0 Å². The summed E-state index contributed by atoms with van der Waals surface area (Å²) in [5.74, 6) is 2.54.